The first-order valence-corrected chi connectivity index (χ1v) is 6.70. The first kappa shape index (κ1) is 16.9. The summed E-state index contributed by atoms with van der Waals surface area (Å²) in [7, 11) is 1.58. The van der Waals surface area contributed by atoms with E-state index in [2.05, 4.69) is 19.9 Å². The van der Waals surface area contributed by atoms with Gasteiger partial charge in [0.25, 0.3) is 0 Å². The third-order valence-electron chi connectivity index (χ3n) is 3.20. The van der Waals surface area contributed by atoms with Crippen LogP contribution in [0.25, 0.3) is 0 Å². The fourth-order valence-electron chi connectivity index (χ4n) is 2.12. The molecular weight excluding hydrogens is 369 g/mol. The van der Waals surface area contributed by atoms with E-state index in [0.717, 1.165) is 13.1 Å². The summed E-state index contributed by atoms with van der Waals surface area (Å²) in [6, 6.07) is 1.71. The first-order valence-electron chi connectivity index (χ1n) is 6.70. The molecule has 6 nitrogen and oxygen atoms in total. The van der Waals surface area contributed by atoms with Crippen molar-refractivity contribution in [3.05, 3.63) is 18.1 Å². The van der Waals surface area contributed by atoms with Gasteiger partial charge in [0, 0.05) is 25.4 Å². The molecule has 1 fully saturated rings. The highest BCUT2D eigenvalue weighted by Gasteiger charge is 2.10. The molecular formula is C13H22IN5O. The predicted molar refractivity (Wildman–Crippen MR) is 89.4 cm³/mol. The Morgan fingerprint density at radius 3 is 2.70 bits per heavy atom. The zero-order valence-electron chi connectivity index (χ0n) is 11.8. The van der Waals surface area contributed by atoms with Crippen LogP contribution in [0.2, 0.25) is 0 Å². The van der Waals surface area contributed by atoms with E-state index in [4.69, 9.17) is 10.5 Å². The zero-order chi connectivity index (χ0) is 13.5. The van der Waals surface area contributed by atoms with Crippen LogP contribution in [0, 0.1) is 0 Å². The van der Waals surface area contributed by atoms with Gasteiger partial charge in [0.15, 0.2) is 11.8 Å². The second-order valence-electron chi connectivity index (χ2n) is 4.59. The average molecular weight is 391 g/mol. The summed E-state index contributed by atoms with van der Waals surface area (Å²) in [6.07, 6.45) is 6.60. The Morgan fingerprint density at radius 1 is 1.35 bits per heavy atom. The lowest BCUT2D eigenvalue weighted by atomic mass is 10.2. The molecule has 0 radical (unpaired) electrons. The Balaban J connectivity index is 0.00000200. The van der Waals surface area contributed by atoms with Crippen LogP contribution < -0.4 is 10.5 Å². The van der Waals surface area contributed by atoms with Crippen molar-refractivity contribution in [1.82, 2.24) is 14.9 Å². The molecule has 1 aliphatic rings. The summed E-state index contributed by atoms with van der Waals surface area (Å²) in [5.74, 6) is 1.76. The van der Waals surface area contributed by atoms with Gasteiger partial charge in [0.1, 0.15) is 6.54 Å². The molecule has 20 heavy (non-hydrogen) atoms. The van der Waals surface area contributed by atoms with Crippen molar-refractivity contribution in [2.24, 2.45) is 10.7 Å². The summed E-state index contributed by atoms with van der Waals surface area (Å²) in [5.41, 5.74) is 6.03. The standard InChI is InChI=1S/C13H21N5O.HI/c1-19-12-6-7-15-11(17-12)10-16-13(14)18-8-4-2-3-5-9-18;/h6-7H,2-5,8-10H2,1H3,(H2,14,16);1H. The van der Waals surface area contributed by atoms with Gasteiger partial charge in [-0.2, -0.15) is 4.98 Å². The monoisotopic (exact) mass is 391 g/mol. The number of ether oxygens (including phenoxy) is 1. The maximum atomic E-state index is 6.03. The van der Waals surface area contributed by atoms with Gasteiger partial charge >= 0.3 is 0 Å². The topological polar surface area (TPSA) is 76.6 Å². The molecule has 2 rings (SSSR count). The third-order valence-corrected chi connectivity index (χ3v) is 3.20. The fraction of sp³-hybridized carbons (Fsp3) is 0.615. The van der Waals surface area contributed by atoms with E-state index in [1.807, 2.05) is 0 Å². The number of nitrogens with zero attached hydrogens (tertiary/aromatic N) is 4. The van der Waals surface area contributed by atoms with E-state index in [1.54, 1.807) is 19.4 Å². The number of guanidine groups is 1. The van der Waals surface area contributed by atoms with Gasteiger partial charge in [-0.05, 0) is 12.8 Å². The number of nitrogens with two attached hydrogens (primary N) is 1. The molecule has 1 aliphatic heterocycles. The minimum absolute atomic E-state index is 0. The van der Waals surface area contributed by atoms with Crippen molar-refractivity contribution in [2.75, 3.05) is 20.2 Å². The molecule has 0 saturated carbocycles. The maximum Gasteiger partial charge on any atom is 0.216 e. The molecule has 0 unspecified atom stereocenters. The van der Waals surface area contributed by atoms with E-state index in [1.165, 1.54) is 25.7 Å². The molecule has 2 heterocycles. The van der Waals surface area contributed by atoms with Gasteiger partial charge in [-0.3, -0.25) is 0 Å². The van der Waals surface area contributed by atoms with Crippen LogP contribution in [0.4, 0.5) is 0 Å². The number of likely N-dealkylation sites (tertiary alicyclic amines) is 1. The molecule has 2 N–H and O–H groups in total. The van der Waals surface area contributed by atoms with Crippen LogP contribution in [0.5, 0.6) is 5.88 Å². The van der Waals surface area contributed by atoms with Crippen LogP contribution in [0.1, 0.15) is 31.5 Å². The van der Waals surface area contributed by atoms with Gasteiger partial charge in [-0.1, -0.05) is 12.8 Å². The van der Waals surface area contributed by atoms with Gasteiger partial charge in [0.05, 0.1) is 7.11 Å². The summed E-state index contributed by atoms with van der Waals surface area (Å²) in [4.78, 5) is 14.9. The van der Waals surface area contributed by atoms with Crippen molar-refractivity contribution < 1.29 is 4.74 Å². The average Bonchev–Trinajstić information content (AvgIpc) is 2.74. The highest BCUT2D eigenvalue weighted by Crippen LogP contribution is 2.09. The largest absolute Gasteiger partial charge is 0.481 e. The van der Waals surface area contributed by atoms with Crippen LogP contribution >= 0.6 is 24.0 Å². The van der Waals surface area contributed by atoms with Gasteiger partial charge in [-0.15, -0.1) is 24.0 Å². The summed E-state index contributed by atoms with van der Waals surface area (Å²) >= 11 is 0. The van der Waals surface area contributed by atoms with E-state index in [9.17, 15) is 0 Å². The molecule has 1 saturated heterocycles. The Morgan fingerprint density at radius 2 is 2.05 bits per heavy atom. The van der Waals surface area contributed by atoms with Gasteiger partial charge < -0.3 is 15.4 Å². The quantitative estimate of drug-likeness (QED) is 0.483. The van der Waals surface area contributed by atoms with E-state index >= 15 is 0 Å². The first-order chi connectivity index (χ1) is 9.29. The molecule has 7 heteroatoms. The fourth-order valence-corrected chi connectivity index (χ4v) is 2.12. The van der Waals surface area contributed by atoms with Gasteiger partial charge in [-0.25, -0.2) is 9.98 Å². The summed E-state index contributed by atoms with van der Waals surface area (Å²) < 4.78 is 5.05. The van der Waals surface area contributed by atoms with Crippen LogP contribution in [-0.2, 0) is 6.54 Å². The van der Waals surface area contributed by atoms with Crippen molar-refractivity contribution in [2.45, 2.75) is 32.2 Å². The Hall–Kier alpha value is -1.12. The van der Waals surface area contributed by atoms with Crippen molar-refractivity contribution in [3.63, 3.8) is 0 Å². The highest BCUT2D eigenvalue weighted by molar-refractivity contribution is 14.0. The number of methoxy groups -OCH3 is 1. The minimum atomic E-state index is 0. The van der Waals surface area contributed by atoms with Crippen LogP contribution in [-0.4, -0.2) is 41.0 Å². The Bertz CT molecular complexity index is 433. The Labute approximate surface area is 136 Å². The molecule has 0 amide bonds. The lowest BCUT2D eigenvalue weighted by Crippen LogP contribution is -2.38. The van der Waals surface area contributed by atoms with Crippen LogP contribution in [0.3, 0.4) is 0 Å². The molecule has 0 spiro atoms. The molecule has 0 aliphatic carbocycles. The number of hydrogen-bond acceptors (Lipinski definition) is 4. The number of rotatable bonds is 3. The lowest BCUT2D eigenvalue weighted by molar-refractivity contribution is 0.394. The summed E-state index contributed by atoms with van der Waals surface area (Å²) in [5, 5.41) is 0. The molecule has 0 bridgehead atoms. The normalized spacial score (nSPS) is 16.2. The molecule has 1 aromatic rings. The third kappa shape index (κ3) is 5.10. The maximum absolute atomic E-state index is 6.03. The number of aliphatic imine (C=N–C) groups is 1. The predicted octanol–water partition coefficient (Wildman–Crippen LogP) is 1.79. The zero-order valence-corrected chi connectivity index (χ0v) is 14.1. The molecule has 0 atom stereocenters. The molecule has 0 aromatic carbocycles. The number of aromatic nitrogens is 2. The van der Waals surface area contributed by atoms with Crippen molar-refractivity contribution in [3.8, 4) is 5.88 Å². The van der Waals surface area contributed by atoms with Crippen LogP contribution in [0.15, 0.2) is 17.3 Å². The summed E-state index contributed by atoms with van der Waals surface area (Å²) in [6.45, 7) is 2.38. The molecule has 112 valence electrons. The minimum Gasteiger partial charge on any atom is -0.481 e. The molecule has 1 aromatic heterocycles. The number of halogens is 1. The van der Waals surface area contributed by atoms with Crippen molar-refractivity contribution in [1.29, 1.82) is 0 Å². The van der Waals surface area contributed by atoms with Crippen molar-refractivity contribution >= 4 is 29.9 Å². The second kappa shape index (κ2) is 8.93. The van der Waals surface area contributed by atoms with E-state index in [0.29, 0.717) is 24.2 Å². The SMILES string of the molecule is COc1ccnc(CN=C(N)N2CCCCCC2)n1.I. The Kier molecular flexibility index (Phi) is 7.56. The highest BCUT2D eigenvalue weighted by atomic mass is 127. The van der Waals surface area contributed by atoms with E-state index in [-0.39, 0.29) is 24.0 Å². The lowest BCUT2D eigenvalue weighted by Gasteiger charge is -2.20. The second-order valence-corrected chi connectivity index (χ2v) is 4.59. The smallest absolute Gasteiger partial charge is 0.216 e. The van der Waals surface area contributed by atoms with E-state index < -0.39 is 0 Å². The van der Waals surface area contributed by atoms with Gasteiger partial charge in [0.2, 0.25) is 5.88 Å². The number of hydrogen-bond donors (Lipinski definition) is 1.